The molecule has 1 rings (SSSR count). The molecule has 0 aromatic rings. The highest BCUT2D eigenvalue weighted by Gasteiger charge is 2.29. The van der Waals surface area contributed by atoms with E-state index in [-0.39, 0.29) is 11.9 Å². The second-order valence-corrected chi connectivity index (χ2v) is 4.79. The second kappa shape index (κ2) is 7.74. The Morgan fingerprint density at radius 1 is 1.47 bits per heavy atom. The van der Waals surface area contributed by atoms with Crippen LogP contribution in [0.2, 0.25) is 0 Å². The molecule has 0 saturated carbocycles. The molecule has 1 heterocycles. The van der Waals surface area contributed by atoms with Crippen molar-refractivity contribution in [3.63, 3.8) is 0 Å². The van der Waals surface area contributed by atoms with Gasteiger partial charge in [-0.1, -0.05) is 24.3 Å². The van der Waals surface area contributed by atoms with Crippen LogP contribution in [-0.4, -0.2) is 42.4 Å². The van der Waals surface area contributed by atoms with Gasteiger partial charge in [-0.2, -0.15) is 0 Å². The normalized spacial score (nSPS) is 22.1. The zero-order chi connectivity index (χ0) is 14.3. The number of hydrogen-bond donors (Lipinski definition) is 2. The van der Waals surface area contributed by atoms with E-state index in [2.05, 4.69) is 5.32 Å². The van der Waals surface area contributed by atoms with Gasteiger partial charge in [0.05, 0.1) is 6.04 Å². The standard InChI is InChI=1S/C14H23N3O2/c1-3-4-5-6-8-11(13(15)18)16-14(19)12-9-7-10-17(12)2/h3-6,11-12H,7-10H2,1-2H3,(H2,15,18)(H,16,19)/b4-3-,6-5-. The van der Waals surface area contributed by atoms with Crippen molar-refractivity contribution < 1.29 is 9.59 Å². The number of nitrogens with two attached hydrogens (primary N) is 1. The fourth-order valence-electron chi connectivity index (χ4n) is 2.16. The van der Waals surface area contributed by atoms with Crippen LogP contribution < -0.4 is 11.1 Å². The first kappa shape index (κ1) is 15.4. The first-order valence-corrected chi connectivity index (χ1v) is 6.64. The van der Waals surface area contributed by atoms with Crippen LogP contribution in [-0.2, 0) is 9.59 Å². The minimum Gasteiger partial charge on any atom is -0.368 e. The summed E-state index contributed by atoms with van der Waals surface area (Å²) in [5, 5.41) is 2.74. The van der Waals surface area contributed by atoms with Crippen LogP contribution in [0.3, 0.4) is 0 Å². The highest BCUT2D eigenvalue weighted by molar-refractivity contribution is 5.89. The maximum absolute atomic E-state index is 12.1. The predicted octanol–water partition coefficient (Wildman–Crippen LogP) is 0.573. The Bertz CT molecular complexity index is 377. The highest BCUT2D eigenvalue weighted by Crippen LogP contribution is 2.14. The lowest BCUT2D eigenvalue weighted by atomic mass is 10.1. The fourth-order valence-corrected chi connectivity index (χ4v) is 2.16. The molecule has 2 unspecified atom stereocenters. The molecule has 1 saturated heterocycles. The molecular weight excluding hydrogens is 242 g/mol. The van der Waals surface area contributed by atoms with Gasteiger partial charge in [0.2, 0.25) is 11.8 Å². The summed E-state index contributed by atoms with van der Waals surface area (Å²) in [6.45, 7) is 2.83. The van der Waals surface area contributed by atoms with E-state index in [1.807, 2.05) is 43.2 Å². The number of nitrogens with zero attached hydrogens (tertiary/aromatic N) is 1. The Labute approximate surface area is 114 Å². The van der Waals surface area contributed by atoms with Crippen LogP contribution in [0.4, 0.5) is 0 Å². The lowest BCUT2D eigenvalue weighted by molar-refractivity contribution is -0.129. The molecule has 2 amide bonds. The molecule has 106 valence electrons. The molecule has 1 aliphatic heterocycles. The number of nitrogens with one attached hydrogen (secondary N) is 1. The van der Waals surface area contributed by atoms with Gasteiger partial charge in [0.15, 0.2) is 0 Å². The van der Waals surface area contributed by atoms with Gasteiger partial charge in [0, 0.05) is 0 Å². The lowest BCUT2D eigenvalue weighted by Gasteiger charge is -2.21. The van der Waals surface area contributed by atoms with Crippen molar-refractivity contribution in [2.45, 2.75) is 38.3 Å². The molecule has 0 aromatic carbocycles. The first-order chi connectivity index (χ1) is 9.06. The second-order valence-electron chi connectivity index (χ2n) is 4.79. The third-order valence-corrected chi connectivity index (χ3v) is 3.29. The molecule has 19 heavy (non-hydrogen) atoms. The van der Waals surface area contributed by atoms with Gasteiger partial charge >= 0.3 is 0 Å². The Morgan fingerprint density at radius 3 is 2.74 bits per heavy atom. The van der Waals surface area contributed by atoms with E-state index in [0.29, 0.717) is 6.42 Å². The third-order valence-electron chi connectivity index (χ3n) is 3.29. The van der Waals surface area contributed by atoms with Gasteiger partial charge in [0.1, 0.15) is 6.04 Å². The number of amides is 2. The van der Waals surface area contributed by atoms with Crippen molar-refractivity contribution in [3.05, 3.63) is 24.3 Å². The van der Waals surface area contributed by atoms with Crippen LogP contribution in [0.25, 0.3) is 0 Å². The summed E-state index contributed by atoms with van der Waals surface area (Å²) in [6.07, 6.45) is 9.69. The topological polar surface area (TPSA) is 75.4 Å². The molecule has 0 spiro atoms. The van der Waals surface area contributed by atoms with E-state index in [0.717, 1.165) is 19.4 Å². The predicted molar refractivity (Wildman–Crippen MR) is 75.3 cm³/mol. The van der Waals surface area contributed by atoms with Gasteiger partial charge in [-0.3, -0.25) is 14.5 Å². The van der Waals surface area contributed by atoms with Crippen molar-refractivity contribution in [2.24, 2.45) is 5.73 Å². The minimum absolute atomic E-state index is 0.108. The average Bonchev–Trinajstić information content (AvgIpc) is 2.79. The Balaban J connectivity index is 2.53. The summed E-state index contributed by atoms with van der Waals surface area (Å²) < 4.78 is 0. The summed E-state index contributed by atoms with van der Waals surface area (Å²) in [5.74, 6) is -0.609. The highest BCUT2D eigenvalue weighted by atomic mass is 16.2. The molecule has 5 nitrogen and oxygen atoms in total. The molecule has 0 bridgehead atoms. The summed E-state index contributed by atoms with van der Waals surface area (Å²) in [7, 11) is 1.92. The maximum atomic E-state index is 12.1. The molecule has 0 radical (unpaired) electrons. The summed E-state index contributed by atoms with van der Waals surface area (Å²) in [5.41, 5.74) is 5.31. The molecule has 3 N–H and O–H groups in total. The maximum Gasteiger partial charge on any atom is 0.240 e. The van der Waals surface area contributed by atoms with Crippen LogP contribution in [0, 0.1) is 0 Å². The Kier molecular flexibility index (Phi) is 6.29. The Hall–Kier alpha value is -1.62. The quantitative estimate of drug-likeness (QED) is 0.690. The van der Waals surface area contributed by atoms with Crippen molar-refractivity contribution in [1.82, 2.24) is 10.2 Å². The molecular formula is C14H23N3O2. The molecule has 2 atom stereocenters. The van der Waals surface area contributed by atoms with Crippen LogP contribution in [0.5, 0.6) is 0 Å². The number of carbonyl (C=O) groups is 2. The van der Waals surface area contributed by atoms with E-state index in [1.165, 1.54) is 0 Å². The van der Waals surface area contributed by atoms with Crippen molar-refractivity contribution in [2.75, 3.05) is 13.6 Å². The monoisotopic (exact) mass is 265 g/mol. The third kappa shape index (κ3) is 4.87. The summed E-state index contributed by atoms with van der Waals surface area (Å²) >= 11 is 0. The zero-order valence-corrected chi connectivity index (χ0v) is 11.6. The SMILES string of the molecule is C/C=C\C=C/CC(NC(=O)C1CCCN1C)C(N)=O. The van der Waals surface area contributed by atoms with Crippen LogP contribution >= 0.6 is 0 Å². The van der Waals surface area contributed by atoms with Crippen LogP contribution in [0.15, 0.2) is 24.3 Å². The molecule has 1 fully saturated rings. The summed E-state index contributed by atoms with van der Waals surface area (Å²) in [6, 6.07) is -0.774. The fraction of sp³-hybridized carbons (Fsp3) is 0.571. The average molecular weight is 265 g/mol. The minimum atomic E-state index is -0.636. The molecule has 1 aliphatic rings. The van der Waals surface area contributed by atoms with Crippen molar-refractivity contribution in [1.29, 1.82) is 0 Å². The molecule has 5 heteroatoms. The van der Waals surface area contributed by atoms with Gasteiger partial charge < -0.3 is 11.1 Å². The van der Waals surface area contributed by atoms with E-state index < -0.39 is 11.9 Å². The zero-order valence-electron chi connectivity index (χ0n) is 11.6. The number of carbonyl (C=O) groups excluding carboxylic acids is 2. The number of primary amides is 1. The number of rotatable bonds is 6. The van der Waals surface area contributed by atoms with E-state index >= 15 is 0 Å². The van der Waals surface area contributed by atoms with E-state index in [4.69, 9.17) is 5.73 Å². The number of hydrogen-bond acceptors (Lipinski definition) is 3. The Morgan fingerprint density at radius 2 is 2.21 bits per heavy atom. The van der Waals surface area contributed by atoms with E-state index in [9.17, 15) is 9.59 Å². The van der Waals surface area contributed by atoms with Gasteiger partial charge in [0.25, 0.3) is 0 Å². The van der Waals surface area contributed by atoms with Crippen LogP contribution in [0.1, 0.15) is 26.2 Å². The number of likely N-dealkylation sites (N-methyl/N-ethyl adjacent to an activating group) is 1. The number of allylic oxidation sites excluding steroid dienone is 3. The van der Waals surface area contributed by atoms with Gasteiger partial charge in [-0.25, -0.2) is 0 Å². The molecule has 0 aliphatic carbocycles. The van der Waals surface area contributed by atoms with Crippen molar-refractivity contribution in [3.8, 4) is 0 Å². The smallest absolute Gasteiger partial charge is 0.240 e. The molecule has 0 aromatic heterocycles. The van der Waals surface area contributed by atoms with E-state index in [1.54, 1.807) is 0 Å². The largest absolute Gasteiger partial charge is 0.368 e. The lowest BCUT2D eigenvalue weighted by Crippen LogP contribution is -2.50. The van der Waals surface area contributed by atoms with Crippen molar-refractivity contribution >= 4 is 11.8 Å². The van der Waals surface area contributed by atoms with Gasteiger partial charge in [-0.15, -0.1) is 0 Å². The first-order valence-electron chi connectivity index (χ1n) is 6.64. The summed E-state index contributed by atoms with van der Waals surface area (Å²) in [4.78, 5) is 25.4. The number of likely N-dealkylation sites (tertiary alicyclic amines) is 1. The van der Waals surface area contributed by atoms with Gasteiger partial charge in [-0.05, 0) is 39.8 Å².